The number of aromatic nitrogens is 1. The molecule has 4 rings (SSSR count). The molecule has 1 atom stereocenters. The molecule has 1 saturated heterocycles. The summed E-state index contributed by atoms with van der Waals surface area (Å²) in [5, 5.41) is 8.03. The van der Waals surface area contributed by atoms with E-state index in [0.717, 1.165) is 32.4 Å². The Kier molecular flexibility index (Phi) is 4.33. The predicted octanol–water partition coefficient (Wildman–Crippen LogP) is 3.58. The van der Waals surface area contributed by atoms with E-state index in [1.165, 1.54) is 5.56 Å². The molecule has 0 bridgehead atoms. The standard InChI is InChI=1S/C18H20ClN3OS/c19-15-10-21-5-1-14(15)17(23)22(11-13-2-8-24-12-13)16-9-18(16)3-6-20-7-4-18/h1-2,5,8,10,12,16,20H,3-4,6-7,9,11H2. The lowest BCUT2D eigenvalue weighted by atomic mass is 9.93. The first-order valence-electron chi connectivity index (χ1n) is 8.32. The summed E-state index contributed by atoms with van der Waals surface area (Å²) in [6.07, 6.45) is 6.58. The second kappa shape index (κ2) is 6.47. The quantitative estimate of drug-likeness (QED) is 0.905. The second-order valence-corrected chi connectivity index (χ2v) is 7.94. The Morgan fingerprint density at radius 1 is 1.42 bits per heavy atom. The molecule has 126 valence electrons. The summed E-state index contributed by atoms with van der Waals surface area (Å²) in [7, 11) is 0. The van der Waals surface area contributed by atoms with Crippen molar-refractivity contribution in [3.8, 4) is 0 Å². The van der Waals surface area contributed by atoms with Crippen LogP contribution in [0.15, 0.2) is 35.3 Å². The number of pyridine rings is 1. The van der Waals surface area contributed by atoms with Gasteiger partial charge in [-0.1, -0.05) is 11.6 Å². The number of hydrogen-bond acceptors (Lipinski definition) is 4. The average Bonchev–Trinajstić information content (AvgIpc) is 3.04. The summed E-state index contributed by atoms with van der Waals surface area (Å²) < 4.78 is 0. The highest BCUT2D eigenvalue weighted by molar-refractivity contribution is 7.07. The molecule has 2 aromatic rings. The van der Waals surface area contributed by atoms with Crippen LogP contribution in [0.3, 0.4) is 0 Å². The van der Waals surface area contributed by atoms with Crippen LogP contribution in [0.5, 0.6) is 0 Å². The first-order valence-corrected chi connectivity index (χ1v) is 9.64. The number of piperidine rings is 1. The van der Waals surface area contributed by atoms with Crippen LogP contribution < -0.4 is 5.32 Å². The lowest BCUT2D eigenvalue weighted by Gasteiger charge is -2.29. The molecule has 0 radical (unpaired) electrons. The Hall–Kier alpha value is -1.43. The lowest BCUT2D eigenvalue weighted by molar-refractivity contribution is 0.0692. The van der Waals surface area contributed by atoms with Gasteiger partial charge in [-0.05, 0) is 66.2 Å². The van der Waals surface area contributed by atoms with E-state index in [9.17, 15) is 4.79 Å². The number of nitrogens with one attached hydrogen (secondary N) is 1. The van der Waals surface area contributed by atoms with Crippen molar-refractivity contribution in [3.63, 3.8) is 0 Å². The molecule has 1 aliphatic heterocycles. The third kappa shape index (κ3) is 2.96. The van der Waals surface area contributed by atoms with Gasteiger partial charge in [0.2, 0.25) is 0 Å². The minimum atomic E-state index is 0.0222. The van der Waals surface area contributed by atoms with Gasteiger partial charge in [-0.25, -0.2) is 0 Å². The highest BCUT2D eigenvalue weighted by Crippen LogP contribution is 2.56. The molecule has 6 heteroatoms. The van der Waals surface area contributed by atoms with E-state index in [1.807, 2.05) is 4.90 Å². The number of thiophene rings is 1. The van der Waals surface area contributed by atoms with Gasteiger partial charge in [0, 0.05) is 25.0 Å². The van der Waals surface area contributed by atoms with Gasteiger partial charge in [-0.3, -0.25) is 9.78 Å². The van der Waals surface area contributed by atoms with Crippen LogP contribution >= 0.6 is 22.9 Å². The van der Waals surface area contributed by atoms with Gasteiger partial charge in [0.15, 0.2) is 0 Å². The maximum Gasteiger partial charge on any atom is 0.256 e. The summed E-state index contributed by atoms with van der Waals surface area (Å²) in [4.78, 5) is 19.2. The number of rotatable bonds is 4. The van der Waals surface area contributed by atoms with Crippen molar-refractivity contribution in [1.82, 2.24) is 15.2 Å². The molecule has 2 aliphatic rings. The Morgan fingerprint density at radius 3 is 2.96 bits per heavy atom. The maximum absolute atomic E-state index is 13.2. The van der Waals surface area contributed by atoms with Gasteiger partial charge in [-0.15, -0.1) is 0 Å². The van der Waals surface area contributed by atoms with E-state index >= 15 is 0 Å². The van der Waals surface area contributed by atoms with Crippen molar-refractivity contribution in [2.24, 2.45) is 5.41 Å². The molecule has 0 aromatic carbocycles. The van der Waals surface area contributed by atoms with Gasteiger partial charge in [-0.2, -0.15) is 11.3 Å². The van der Waals surface area contributed by atoms with Gasteiger partial charge in [0.1, 0.15) is 0 Å². The summed E-state index contributed by atoms with van der Waals surface area (Å²) in [6.45, 7) is 2.75. The van der Waals surface area contributed by atoms with E-state index in [1.54, 1.807) is 29.8 Å². The second-order valence-electron chi connectivity index (χ2n) is 6.75. The van der Waals surface area contributed by atoms with Gasteiger partial charge in [0.05, 0.1) is 10.6 Å². The molecule has 1 unspecified atom stereocenters. The summed E-state index contributed by atoms with van der Waals surface area (Å²) >= 11 is 7.90. The zero-order valence-electron chi connectivity index (χ0n) is 13.4. The highest BCUT2D eigenvalue weighted by atomic mass is 35.5. The Bertz CT molecular complexity index is 728. The fourth-order valence-corrected chi connectivity index (χ4v) is 4.70. The van der Waals surface area contributed by atoms with Gasteiger partial charge >= 0.3 is 0 Å². The summed E-state index contributed by atoms with van der Waals surface area (Å²) in [5.41, 5.74) is 2.04. The molecular formula is C18H20ClN3OS. The van der Waals surface area contributed by atoms with Gasteiger partial charge < -0.3 is 10.2 Å². The third-order valence-electron chi connectivity index (χ3n) is 5.32. The molecule has 1 N–H and O–H groups in total. The predicted molar refractivity (Wildman–Crippen MR) is 96.4 cm³/mol. The molecule has 1 amide bonds. The monoisotopic (exact) mass is 361 g/mol. The summed E-state index contributed by atoms with van der Waals surface area (Å²) in [5.74, 6) is 0.0222. The Labute approximate surface area is 150 Å². The Morgan fingerprint density at radius 2 is 2.25 bits per heavy atom. The molecule has 3 heterocycles. The van der Waals surface area contributed by atoms with Crippen LogP contribution in [0.4, 0.5) is 0 Å². The van der Waals surface area contributed by atoms with Crippen LogP contribution in [0.1, 0.15) is 35.2 Å². The molecule has 2 aromatic heterocycles. The lowest BCUT2D eigenvalue weighted by Crippen LogP contribution is -2.39. The van der Waals surface area contributed by atoms with E-state index in [0.29, 0.717) is 28.6 Å². The van der Waals surface area contributed by atoms with Crippen molar-refractivity contribution in [2.45, 2.75) is 31.8 Å². The van der Waals surface area contributed by atoms with Crippen LogP contribution in [-0.2, 0) is 6.54 Å². The number of carbonyl (C=O) groups excluding carboxylic acids is 1. The molecule has 1 saturated carbocycles. The normalized spacial score (nSPS) is 21.6. The fraction of sp³-hybridized carbons (Fsp3) is 0.444. The van der Waals surface area contributed by atoms with Crippen molar-refractivity contribution < 1.29 is 4.79 Å². The molecular weight excluding hydrogens is 342 g/mol. The maximum atomic E-state index is 13.2. The molecule has 1 aliphatic carbocycles. The SMILES string of the molecule is O=C(c1ccncc1Cl)N(Cc1ccsc1)C1CC12CCNCC2. The van der Waals surface area contributed by atoms with E-state index < -0.39 is 0 Å². The van der Waals surface area contributed by atoms with E-state index in [-0.39, 0.29) is 5.91 Å². The highest BCUT2D eigenvalue weighted by Gasteiger charge is 2.57. The number of halogens is 1. The number of carbonyl (C=O) groups is 1. The Balaban J connectivity index is 1.61. The van der Waals surface area contributed by atoms with Crippen LogP contribution in [0, 0.1) is 5.41 Å². The number of amides is 1. The zero-order chi connectivity index (χ0) is 16.6. The average molecular weight is 362 g/mol. The number of hydrogen-bond donors (Lipinski definition) is 1. The van der Waals surface area contributed by atoms with Crippen molar-refractivity contribution in [1.29, 1.82) is 0 Å². The first kappa shape index (κ1) is 16.1. The van der Waals surface area contributed by atoms with E-state index in [2.05, 4.69) is 27.1 Å². The smallest absolute Gasteiger partial charge is 0.256 e. The molecule has 24 heavy (non-hydrogen) atoms. The van der Waals surface area contributed by atoms with Crippen LogP contribution in [0.25, 0.3) is 0 Å². The largest absolute Gasteiger partial charge is 0.331 e. The third-order valence-corrected chi connectivity index (χ3v) is 6.35. The molecule has 1 spiro atoms. The minimum Gasteiger partial charge on any atom is -0.331 e. The topological polar surface area (TPSA) is 45.2 Å². The van der Waals surface area contributed by atoms with E-state index in [4.69, 9.17) is 11.6 Å². The van der Waals surface area contributed by atoms with Gasteiger partial charge in [0.25, 0.3) is 5.91 Å². The van der Waals surface area contributed by atoms with Crippen LogP contribution in [0.2, 0.25) is 5.02 Å². The van der Waals surface area contributed by atoms with Crippen LogP contribution in [-0.4, -0.2) is 34.9 Å². The fourth-order valence-electron chi connectivity index (χ4n) is 3.84. The zero-order valence-corrected chi connectivity index (χ0v) is 14.9. The van der Waals surface area contributed by atoms with Crippen molar-refractivity contribution in [2.75, 3.05) is 13.1 Å². The first-order chi connectivity index (χ1) is 11.7. The molecule has 4 nitrogen and oxygen atoms in total. The van der Waals surface area contributed by atoms with Crippen molar-refractivity contribution in [3.05, 3.63) is 51.4 Å². The summed E-state index contributed by atoms with van der Waals surface area (Å²) in [6, 6.07) is 4.13. The minimum absolute atomic E-state index is 0.0222. The number of nitrogens with zero attached hydrogens (tertiary/aromatic N) is 2. The molecule has 2 fully saturated rings. The van der Waals surface area contributed by atoms with Crippen molar-refractivity contribution >= 4 is 28.8 Å².